The Morgan fingerprint density at radius 3 is 1.88 bits per heavy atom. The number of fused-ring (bicyclic) bond motifs is 3. The molecule has 5 aromatic rings. The highest BCUT2D eigenvalue weighted by molar-refractivity contribution is 6.72. The summed E-state index contributed by atoms with van der Waals surface area (Å²) in [6, 6.07) is 34.9. The summed E-state index contributed by atoms with van der Waals surface area (Å²) in [6.45, 7) is 2.22. The monoisotopic (exact) mass is 440 g/mol. The van der Waals surface area contributed by atoms with Crippen molar-refractivity contribution >= 4 is 18.1 Å². The molecule has 1 aromatic heterocycles. The van der Waals surface area contributed by atoms with E-state index in [0.717, 1.165) is 0 Å². The molecular formula is C30H27BN3+. The third-order valence-electron chi connectivity index (χ3n) is 7.05. The van der Waals surface area contributed by atoms with Crippen molar-refractivity contribution < 1.29 is 4.48 Å². The number of imidazole rings is 1. The molecule has 0 amide bonds. The lowest BCUT2D eigenvalue weighted by Gasteiger charge is -2.33. The highest BCUT2D eigenvalue weighted by Crippen LogP contribution is 2.36. The molecule has 0 fully saturated rings. The number of hydrogen-bond acceptors (Lipinski definition) is 1. The first-order chi connectivity index (χ1) is 16.6. The van der Waals surface area contributed by atoms with E-state index >= 15 is 0 Å². The maximum atomic E-state index is 2.43. The van der Waals surface area contributed by atoms with Crippen molar-refractivity contribution in [2.45, 2.75) is 6.92 Å². The molecule has 0 spiro atoms. The fourth-order valence-corrected chi connectivity index (χ4v) is 5.47. The molecule has 0 saturated carbocycles. The van der Waals surface area contributed by atoms with E-state index in [1.54, 1.807) is 0 Å². The molecule has 0 radical (unpaired) electrons. The first-order valence-corrected chi connectivity index (χ1v) is 11.8. The van der Waals surface area contributed by atoms with Gasteiger partial charge in [0.25, 0.3) is 5.82 Å². The molecule has 0 bridgehead atoms. The van der Waals surface area contributed by atoms with Gasteiger partial charge in [0.15, 0.2) is 0 Å². The van der Waals surface area contributed by atoms with Gasteiger partial charge in [-0.3, -0.25) is 4.48 Å². The van der Waals surface area contributed by atoms with Gasteiger partial charge in [-0.2, -0.15) is 0 Å². The van der Waals surface area contributed by atoms with Crippen LogP contribution in [-0.2, 0) is 7.05 Å². The number of nitrogens with zero attached hydrogens (tertiary/aromatic N) is 3. The second-order valence-corrected chi connectivity index (χ2v) is 9.09. The number of hydrogen-bond donors (Lipinski definition) is 0. The molecule has 0 N–H and O–H groups in total. The molecule has 34 heavy (non-hydrogen) atoms. The topological polar surface area (TPSA) is 12.0 Å². The van der Waals surface area contributed by atoms with Crippen LogP contribution in [0.2, 0.25) is 0 Å². The minimum atomic E-state index is 0.0112. The molecule has 3 nitrogen and oxygen atoms in total. The maximum Gasteiger partial charge on any atom is 0.538 e. The van der Waals surface area contributed by atoms with Gasteiger partial charge in [-0.15, -0.1) is 0 Å². The van der Waals surface area contributed by atoms with Gasteiger partial charge in [0.1, 0.15) is 12.4 Å². The van der Waals surface area contributed by atoms with Crippen LogP contribution >= 0.6 is 0 Å². The predicted octanol–water partition coefficient (Wildman–Crippen LogP) is 5.32. The molecule has 0 unspecified atom stereocenters. The number of benzene rings is 4. The Kier molecular flexibility index (Phi) is 4.88. The van der Waals surface area contributed by atoms with Gasteiger partial charge in [0, 0.05) is 11.2 Å². The van der Waals surface area contributed by atoms with E-state index in [1.165, 1.54) is 50.4 Å². The van der Waals surface area contributed by atoms with Crippen LogP contribution in [-0.4, -0.2) is 18.6 Å². The highest BCUT2D eigenvalue weighted by atomic mass is 15.2. The van der Waals surface area contributed by atoms with Gasteiger partial charge in [0.2, 0.25) is 0 Å². The Balaban J connectivity index is 1.69. The van der Waals surface area contributed by atoms with Crippen molar-refractivity contribution in [3.63, 3.8) is 0 Å². The van der Waals surface area contributed by atoms with E-state index < -0.39 is 0 Å². The first kappa shape index (κ1) is 20.6. The van der Waals surface area contributed by atoms with Gasteiger partial charge in [0.05, 0.1) is 12.6 Å². The van der Waals surface area contributed by atoms with Crippen LogP contribution in [0.1, 0.15) is 5.56 Å². The lowest BCUT2D eigenvalue weighted by Crippen LogP contribution is -2.70. The fourth-order valence-electron chi connectivity index (χ4n) is 5.47. The van der Waals surface area contributed by atoms with Crippen LogP contribution in [0.4, 0.5) is 5.69 Å². The Bertz CT molecular complexity index is 1430. The summed E-state index contributed by atoms with van der Waals surface area (Å²) < 4.78 is 4.68. The summed E-state index contributed by atoms with van der Waals surface area (Å²) in [6.07, 6.45) is 4.40. The summed E-state index contributed by atoms with van der Waals surface area (Å²) in [5.41, 5.74) is 10.1. The Morgan fingerprint density at radius 2 is 1.26 bits per heavy atom. The van der Waals surface area contributed by atoms with Crippen LogP contribution in [0.3, 0.4) is 0 Å². The smallest absolute Gasteiger partial charge is 0.372 e. The van der Waals surface area contributed by atoms with E-state index in [4.69, 9.17) is 0 Å². The molecule has 4 aromatic carbocycles. The quantitative estimate of drug-likeness (QED) is 0.346. The summed E-state index contributed by atoms with van der Waals surface area (Å²) in [7, 11) is 4.37. The largest absolute Gasteiger partial charge is 0.538 e. The minimum Gasteiger partial charge on any atom is -0.372 e. The third-order valence-corrected chi connectivity index (χ3v) is 7.05. The molecule has 1 aliphatic rings. The minimum absolute atomic E-state index is 0.0112. The Labute approximate surface area is 201 Å². The molecule has 0 atom stereocenters. The molecule has 6 rings (SSSR count). The second-order valence-electron chi connectivity index (χ2n) is 9.09. The van der Waals surface area contributed by atoms with E-state index in [9.17, 15) is 0 Å². The number of rotatable bonds is 3. The normalized spacial score (nSPS) is 12.4. The number of anilines is 1. The molecule has 1 aliphatic heterocycles. The van der Waals surface area contributed by atoms with Crippen molar-refractivity contribution in [3.8, 4) is 33.6 Å². The Morgan fingerprint density at radius 1 is 0.676 bits per heavy atom. The van der Waals surface area contributed by atoms with Gasteiger partial charge < -0.3 is 4.81 Å². The van der Waals surface area contributed by atoms with Crippen molar-refractivity contribution in [1.29, 1.82) is 0 Å². The SMILES string of the molecule is Cc1cccc2c1-c1n(C)cc[n+]1B(c1c(-c3ccccc3)cccc1-c1ccccc1)N2C. The molecule has 0 saturated heterocycles. The lowest BCUT2D eigenvalue weighted by atomic mass is 9.59. The van der Waals surface area contributed by atoms with Gasteiger partial charge in [-0.25, -0.2) is 4.57 Å². The van der Waals surface area contributed by atoms with Crippen molar-refractivity contribution in [2.75, 3.05) is 11.9 Å². The molecule has 4 heteroatoms. The maximum absolute atomic E-state index is 2.43. The zero-order valence-corrected chi connectivity index (χ0v) is 19.8. The fraction of sp³-hybridized carbons (Fsp3) is 0.100. The average Bonchev–Trinajstić information content (AvgIpc) is 3.26. The summed E-state index contributed by atoms with van der Waals surface area (Å²) in [5.74, 6) is 1.23. The van der Waals surface area contributed by atoms with E-state index in [0.29, 0.717) is 0 Å². The van der Waals surface area contributed by atoms with E-state index in [2.05, 4.69) is 144 Å². The zero-order chi connectivity index (χ0) is 23.2. The lowest BCUT2D eigenvalue weighted by molar-refractivity contribution is -0.523. The molecule has 2 heterocycles. The first-order valence-electron chi connectivity index (χ1n) is 11.8. The molecular weight excluding hydrogens is 413 g/mol. The predicted molar refractivity (Wildman–Crippen MR) is 142 cm³/mol. The van der Waals surface area contributed by atoms with Gasteiger partial charge in [-0.1, -0.05) is 91.0 Å². The molecule has 0 aliphatic carbocycles. The van der Waals surface area contributed by atoms with Crippen molar-refractivity contribution in [2.24, 2.45) is 7.05 Å². The van der Waals surface area contributed by atoms with E-state index in [1.807, 2.05) is 0 Å². The van der Waals surface area contributed by atoms with Crippen LogP contribution in [0.15, 0.2) is 109 Å². The van der Waals surface area contributed by atoms with Gasteiger partial charge in [-0.05, 0) is 47.9 Å². The standard InChI is InChI=1S/C30H27BN3/c1-22-12-10-19-27-28(22)30-32(2)20-21-34(30)31(33(27)3)29-25(23-13-6-4-7-14-23)17-11-18-26(29)24-15-8-5-9-16-24/h4-21H,1-3H3/q+1. The van der Waals surface area contributed by atoms with Crippen LogP contribution in [0.25, 0.3) is 33.6 Å². The van der Waals surface area contributed by atoms with Crippen LogP contribution in [0, 0.1) is 6.92 Å². The average molecular weight is 440 g/mol. The Hall–Kier alpha value is -4.05. The number of aromatic nitrogens is 2. The zero-order valence-electron chi connectivity index (χ0n) is 19.8. The van der Waals surface area contributed by atoms with Gasteiger partial charge >= 0.3 is 6.98 Å². The van der Waals surface area contributed by atoms with Crippen molar-refractivity contribution in [1.82, 2.24) is 4.57 Å². The second kappa shape index (κ2) is 8.07. The summed E-state index contributed by atoms with van der Waals surface area (Å²) in [5, 5.41) is 0. The molecule has 164 valence electrons. The highest BCUT2D eigenvalue weighted by Gasteiger charge is 2.45. The van der Waals surface area contributed by atoms with E-state index in [-0.39, 0.29) is 6.98 Å². The van der Waals surface area contributed by atoms with Crippen molar-refractivity contribution in [3.05, 3.63) is 115 Å². The summed E-state index contributed by atoms with van der Waals surface area (Å²) in [4.78, 5) is 2.43. The number of aryl methyl sites for hydroxylation is 2. The third kappa shape index (κ3) is 3.10. The van der Waals surface area contributed by atoms with Crippen LogP contribution in [0.5, 0.6) is 0 Å². The summed E-state index contributed by atoms with van der Waals surface area (Å²) >= 11 is 0. The van der Waals surface area contributed by atoms with Crippen LogP contribution < -0.4 is 14.8 Å².